The molecule has 32 heavy (non-hydrogen) atoms. The molecule has 1 aliphatic rings. The van der Waals surface area contributed by atoms with Crippen molar-refractivity contribution >= 4 is 5.97 Å². The fourth-order valence-electron chi connectivity index (χ4n) is 5.34. The molecule has 0 radical (unpaired) electrons. The Hall–Kier alpha value is -1.39. The van der Waals surface area contributed by atoms with E-state index in [-0.39, 0.29) is 17.7 Å². The second-order valence-electron chi connectivity index (χ2n) is 10.8. The molecule has 182 valence electrons. The van der Waals surface area contributed by atoms with Crippen molar-refractivity contribution in [2.75, 3.05) is 6.79 Å². The molecule has 0 amide bonds. The van der Waals surface area contributed by atoms with Gasteiger partial charge in [0.2, 0.25) is 0 Å². The molecule has 0 aromatic heterocycles. The average Bonchev–Trinajstić information content (AvgIpc) is 3.13. The van der Waals surface area contributed by atoms with E-state index < -0.39 is 0 Å². The Morgan fingerprint density at radius 3 is 2.25 bits per heavy atom. The quantitative estimate of drug-likeness (QED) is 0.173. The monoisotopic (exact) mass is 446 g/mol. The zero-order valence-corrected chi connectivity index (χ0v) is 21.3. The van der Waals surface area contributed by atoms with Crippen LogP contribution in [0.1, 0.15) is 92.1 Å². The van der Waals surface area contributed by atoms with Gasteiger partial charge in [-0.25, -0.2) is 0 Å². The number of esters is 1. The van der Waals surface area contributed by atoms with E-state index >= 15 is 0 Å². The van der Waals surface area contributed by atoms with Gasteiger partial charge in [-0.15, -0.1) is 0 Å². The molecule has 1 aliphatic carbocycles. The SMILES string of the molecule is CC(C)[C@@H](OCOCc1ccccc1)[C@@H](C)C[C@@H](C)C[C@@H](C)CC(=O)OC1(C)CCCC1. The smallest absolute Gasteiger partial charge is 0.306 e. The summed E-state index contributed by atoms with van der Waals surface area (Å²) in [7, 11) is 0. The molecule has 4 atom stereocenters. The lowest BCUT2D eigenvalue weighted by Crippen LogP contribution is -2.30. The highest BCUT2D eigenvalue weighted by Gasteiger charge is 2.33. The maximum atomic E-state index is 12.4. The van der Waals surface area contributed by atoms with Crippen molar-refractivity contribution in [2.24, 2.45) is 23.7 Å². The first kappa shape index (κ1) is 26.9. The zero-order chi connectivity index (χ0) is 23.6. The third-order valence-corrected chi connectivity index (χ3v) is 6.79. The minimum absolute atomic E-state index is 0.0268. The van der Waals surface area contributed by atoms with E-state index in [1.54, 1.807) is 0 Å². The minimum Gasteiger partial charge on any atom is -0.459 e. The number of benzene rings is 1. The Morgan fingerprint density at radius 1 is 0.969 bits per heavy atom. The van der Waals surface area contributed by atoms with Crippen LogP contribution < -0.4 is 0 Å². The highest BCUT2D eigenvalue weighted by Crippen LogP contribution is 2.34. The summed E-state index contributed by atoms with van der Waals surface area (Å²) in [5, 5.41) is 0. The Bertz CT molecular complexity index is 651. The molecule has 0 aliphatic heterocycles. The van der Waals surface area contributed by atoms with Crippen LogP contribution in [0, 0.1) is 23.7 Å². The van der Waals surface area contributed by atoms with E-state index in [4.69, 9.17) is 14.2 Å². The number of ether oxygens (including phenoxy) is 3. The van der Waals surface area contributed by atoms with Crippen molar-refractivity contribution in [2.45, 2.75) is 105 Å². The van der Waals surface area contributed by atoms with Crippen LogP contribution in [0.4, 0.5) is 0 Å². The van der Waals surface area contributed by atoms with Crippen molar-refractivity contribution in [3.05, 3.63) is 35.9 Å². The van der Waals surface area contributed by atoms with E-state index in [2.05, 4.69) is 53.7 Å². The molecular weight excluding hydrogens is 400 g/mol. The third-order valence-electron chi connectivity index (χ3n) is 6.79. The van der Waals surface area contributed by atoms with Gasteiger partial charge in [-0.2, -0.15) is 0 Å². The molecule has 4 nitrogen and oxygen atoms in total. The van der Waals surface area contributed by atoms with E-state index in [0.29, 0.717) is 43.5 Å². The maximum absolute atomic E-state index is 12.4. The summed E-state index contributed by atoms with van der Waals surface area (Å²) in [4.78, 5) is 12.4. The molecule has 1 saturated carbocycles. The van der Waals surface area contributed by atoms with Gasteiger partial charge in [-0.05, 0) is 74.7 Å². The molecule has 1 fully saturated rings. The first-order chi connectivity index (χ1) is 15.2. The van der Waals surface area contributed by atoms with Crippen LogP contribution in [-0.4, -0.2) is 24.5 Å². The number of carbonyl (C=O) groups is 1. The predicted molar refractivity (Wildman–Crippen MR) is 130 cm³/mol. The molecule has 0 spiro atoms. The lowest BCUT2D eigenvalue weighted by atomic mass is 9.83. The fourth-order valence-corrected chi connectivity index (χ4v) is 5.34. The van der Waals surface area contributed by atoms with Gasteiger partial charge in [0.15, 0.2) is 0 Å². The number of hydrogen-bond donors (Lipinski definition) is 0. The van der Waals surface area contributed by atoms with Crippen molar-refractivity contribution < 1.29 is 19.0 Å². The Balaban J connectivity index is 1.70. The standard InChI is InChI=1S/C28H46O4/c1-21(2)27(31-20-30-19-25-12-8-7-9-13-25)24(5)17-22(3)16-23(4)18-26(29)32-28(6)14-10-11-15-28/h7-9,12-13,21-24,27H,10-11,14-20H2,1-6H3/t22-,23+,24-,27+/m0/s1. The van der Waals surface area contributed by atoms with Gasteiger partial charge < -0.3 is 14.2 Å². The Labute approximate surface area is 196 Å². The highest BCUT2D eigenvalue weighted by molar-refractivity contribution is 5.70. The van der Waals surface area contributed by atoms with Gasteiger partial charge >= 0.3 is 5.97 Å². The molecule has 0 unspecified atom stereocenters. The van der Waals surface area contributed by atoms with Crippen LogP contribution in [0.5, 0.6) is 0 Å². The average molecular weight is 447 g/mol. The third kappa shape index (κ3) is 9.62. The molecule has 4 heteroatoms. The van der Waals surface area contributed by atoms with Crippen LogP contribution >= 0.6 is 0 Å². The van der Waals surface area contributed by atoms with Crippen LogP contribution in [0.25, 0.3) is 0 Å². The number of rotatable bonds is 14. The summed E-state index contributed by atoms with van der Waals surface area (Å²) in [5.74, 6) is 1.70. The zero-order valence-electron chi connectivity index (χ0n) is 21.3. The molecule has 0 heterocycles. The van der Waals surface area contributed by atoms with E-state index in [9.17, 15) is 4.79 Å². The summed E-state index contributed by atoms with van der Waals surface area (Å²) >= 11 is 0. The highest BCUT2D eigenvalue weighted by atomic mass is 16.7. The van der Waals surface area contributed by atoms with Crippen LogP contribution in [0.15, 0.2) is 30.3 Å². The maximum Gasteiger partial charge on any atom is 0.306 e. The minimum atomic E-state index is -0.221. The summed E-state index contributed by atoms with van der Waals surface area (Å²) in [6, 6.07) is 10.2. The fraction of sp³-hybridized carbons (Fsp3) is 0.750. The largest absolute Gasteiger partial charge is 0.459 e. The summed E-state index contributed by atoms with van der Waals surface area (Å²) in [6.07, 6.45) is 7.15. The van der Waals surface area contributed by atoms with Crippen molar-refractivity contribution in [1.82, 2.24) is 0 Å². The molecule has 2 rings (SSSR count). The van der Waals surface area contributed by atoms with Crippen LogP contribution in [0.2, 0.25) is 0 Å². The van der Waals surface area contributed by atoms with Crippen LogP contribution in [0.3, 0.4) is 0 Å². The summed E-state index contributed by atoms with van der Waals surface area (Å²) in [5.41, 5.74) is 0.940. The number of hydrogen-bond acceptors (Lipinski definition) is 4. The van der Waals surface area contributed by atoms with Crippen molar-refractivity contribution in [1.29, 1.82) is 0 Å². The number of carbonyl (C=O) groups excluding carboxylic acids is 1. The molecule has 1 aromatic carbocycles. The molecule has 0 N–H and O–H groups in total. The normalized spacial score (nSPS) is 19.5. The van der Waals surface area contributed by atoms with Gasteiger partial charge in [0.1, 0.15) is 12.4 Å². The van der Waals surface area contributed by atoms with E-state index in [1.165, 1.54) is 12.8 Å². The molecule has 1 aromatic rings. The first-order valence-corrected chi connectivity index (χ1v) is 12.6. The lowest BCUT2D eigenvalue weighted by molar-refractivity contribution is -0.158. The molecule has 0 bridgehead atoms. The van der Waals surface area contributed by atoms with Crippen molar-refractivity contribution in [3.8, 4) is 0 Å². The van der Waals surface area contributed by atoms with E-state index in [1.807, 2.05) is 18.2 Å². The topological polar surface area (TPSA) is 44.8 Å². The van der Waals surface area contributed by atoms with E-state index in [0.717, 1.165) is 31.2 Å². The van der Waals surface area contributed by atoms with Crippen molar-refractivity contribution in [3.63, 3.8) is 0 Å². The van der Waals surface area contributed by atoms with Gasteiger partial charge in [-0.3, -0.25) is 4.79 Å². The van der Waals surface area contributed by atoms with Crippen LogP contribution in [-0.2, 0) is 25.6 Å². The predicted octanol–water partition coefficient (Wildman–Crippen LogP) is 7.16. The Morgan fingerprint density at radius 2 is 1.62 bits per heavy atom. The second-order valence-corrected chi connectivity index (χ2v) is 10.8. The summed E-state index contributed by atoms with van der Waals surface area (Å²) in [6.45, 7) is 14.1. The molecule has 0 saturated heterocycles. The Kier molecular flexibility index (Phi) is 11.2. The first-order valence-electron chi connectivity index (χ1n) is 12.6. The van der Waals surface area contributed by atoms with Gasteiger partial charge in [0, 0.05) is 6.42 Å². The summed E-state index contributed by atoms with van der Waals surface area (Å²) < 4.78 is 17.7. The lowest BCUT2D eigenvalue weighted by Gasteiger charge is -2.30. The molecular formula is C28H46O4. The van der Waals surface area contributed by atoms with Gasteiger partial charge in [0.25, 0.3) is 0 Å². The van der Waals surface area contributed by atoms with Gasteiger partial charge in [-0.1, -0.05) is 65.0 Å². The van der Waals surface area contributed by atoms with Gasteiger partial charge in [0.05, 0.1) is 12.7 Å². The second kappa shape index (κ2) is 13.3.